The van der Waals surface area contributed by atoms with Crippen LogP contribution in [0.3, 0.4) is 0 Å². The molecule has 1 N–H and O–H groups in total. The van der Waals surface area contributed by atoms with Gasteiger partial charge in [0.05, 0.1) is 6.20 Å². The van der Waals surface area contributed by atoms with Crippen molar-refractivity contribution in [2.24, 2.45) is 0 Å². The summed E-state index contributed by atoms with van der Waals surface area (Å²) in [5, 5.41) is 11.5. The summed E-state index contributed by atoms with van der Waals surface area (Å²) in [5.74, 6) is 0. The Bertz CT molecular complexity index is 408. The molecule has 0 amide bonds. The Morgan fingerprint density at radius 1 is 1.61 bits per heavy atom. The molecule has 6 nitrogen and oxygen atoms in total. The number of halogens is 1. The number of unbranched alkanes of at least 4 members (excludes halogenated alkanes) is 1. The van der Waals surface area contributed by atoms with Gasteiger partial charge in [-0.2, -0.15) is 5.43 Å². The molecule has 1 heterocycles. The molecule has 0 atom stereocenters. The van der Waals surface area contributed by atoms with E-state index in [1.807, 2.05) is 6.92 Å². The zero-order chi connectivity index (χ0) is 13.4. The fourth-order valence-corrected chi connectivity index (χ4v) is 1.30. The molecule has 1 aromatic rings. The monoisotopic (exact) mass is 270 g/mol. The first-order valence-electron chi connectivity index (χ1n) is 5.57. The summed E-state index contributed by atoms with van der Waals surface area (Å²) in [4.78, 5) is 14.6. The van der Waals surface area contributed by atoms with Crippen molar-refractivity contribution >= 4 is 11.6 Å². The van der Waals surface area contributed by atoms with Gasteiger partial charge in [0.2, 0.25) is 0 Å². The van der Waals surface area contributed by atoms with Crippen LogP contribution in [0.1, 0.15) is 25.3 Å². The number of aromatic nitrogens is 1. The van der Waals surface area contributed by atoms with Crippen LogP contribution in [0.15, 0.2) is 30.6 Å². The van der Waals surface area contributed by atoms with Gasteiger partial charge >= 0.3 is 0 Å². The predicted octanol–water partition coefficient (Wildman–Crippen LogP) is 2.55. The van der Waals surface area contributed by atoms with Crippen molar-refractivity contribution in [3.63, 3.8) is 0 Å². The minimum absolute atomic E-state index is 0.307. The molecule has 0 spiro atoms. The SMILES string of the molecule is CCC/C=C/N(NCc1ccc(Cl)nc1)[N+](=O)[O-]. The summed E-state index contributed by atoms with van der Waals surface area (Å²) in [5.41, 5.74) is 3.49. The molecule has 0 fully saturated rings. The quantitative estimate of drug-likeness (QED) is 0.468. The number of nitrogens with one attached hydrogen (secondary N) is 1. The van der Waals surface area contributed by atoms with Crippen LogP contribution in [0.2, 0.25) is 5.15 Å². The van der Waals surface area contributed by atoms with E-state index >= 15 is 0 Å². The molecule has 0 aliphatic carbocycles. The third kappa shape index (κ3) is 5.11. The van der Waals surface area contributed by atoms with Crippen molar-refractivity contribution in [3.8, 4) is 0 Å². The highest BCUT2D eigenvalue weighted by Crippen LogP contribution is 2.05. The van der Waals surface area contributed by atoms with Crippen molar-refractivity contribution in [2.75, 3.05) is 0 Å². The Morgan fingerprint density at radius 3 is 2.94 bits per heavy atom. The molecule has 0 aliphatic heterocycles. The molecule has 7 heteroatoms. The normalized spacial score (nSPS) is 10.8. The molecule has 0 saturated carbocycles. The highest BCUT2D eigenvalue weighted by atomic mass is 35.5. The van der Waals surface area contributed by atoms with Crippen molar-refractivity contribution in [2.45, 2.75) is 26.3 Å². The zero-order valence-corrected chi connectivity index (χ0v) is 10.8. The number of pyridine rings is 1. The second-order valence-electron chi connectivity index (χ2n) is 3.58. The molecule has 0 unspecified atom stereocenters. The van der Waals surface area contributed by atoms with Crippen molar-refractivity contribution in [1.82, 2.24) is 15.5 Å². The van der Waals surface area contributed by atoms with Crippen LogP contribution < -0.4 is 5.43 Å². The highest BCUT2D eigenvalue weighted by Gasteiger charge is 2.09. The molecule has 98 valence electrons. The summed E-state index contributed by atoms with van der Waals surface area (Å²) in [6.45, 7) is 2.31. The fraction of sp³-hybridized carbons (Fsp3) is 0.364. The molecular formula is C11H15ClN4O2. The van der Waals surface area contributed by atoms with Gasteiger partial charge in [-0.15, -0.1) is 0 Å². The second-order valence-corrected chi connectivity index (χ2v) is 3.97. The van der Waals surface area contributed by atoms with Gasteiger partial charge in [-0.05, 0) is 23.2 Å². The lowest BCUT2D eigenvalue weighted by Crippen LogP contribution is -2.37. The molecule has 0 saturated heterocycles. The van der Waals surface area contributed by atoms with E-state index in [0.29, 0.717) is 11.7 Å². The van der Waals surface area contributed by atoms with Gasteiger partial charge < -0.3 is 0 Å². The lowest BCUT2D eigenvalue weighted by molar-refractivity contribution is -0.654. The summed E-state index contributed by atoms with van der Waals surface area (Å²) in [6.07, 6.45) is 6.48. The topological polar surface area (TPSA) is 71.3 Å². The molecule has 1 aromatic heterocycles. The third-order valence-corrected chi connectivity index (χ3v) is 2.34. The first-order chi connectivity index (χ1) is 8.63. The van der Waals surface area contributed by atoms with Crippen LogP contribution in [0, 0.1) is 10.1 Å². The molecule has 0 aromatic carbocycles. The van der Waals surface area contributed by atoms with Gasteiger partial charge in [0.1, 0.15) is 5.15 Å². The highest BCUT2D eigenvalue weighted by molar-refractivity contribution is 6.29. The predicted molar refractivity (Wildman–Crippen MR) is 69.0 cm³/mol. The Balaban J connectivity index is 2.51. The first-order valence-corrected chi connectivity index (χ1v) is 5.95. The smallest absolute Gasteiger partial charge is 0.180 e. The Hall–Kier alpha value is -1.66. The molecule has 1 rings (SSSR count). The lowest BCUT2D eigenvalue weighted by atomic mass is 10.3. The van der Waals surface area contributed by atoms with Crippen LogP contribution in [-0.4, -0.2) is 15.1 Å². The van der Waals surface area contributed by atoms with E-state index in [1.165, 1.54) is 6.20 Å². The number of hydrogen-bond donors (Lipinski definition) is 1. The summed E-state index contributed by atoms with van der Waals surface area (Å²) in [6, 6.07) is 3.40. The molecular weight excluding hydrogens is 256 g/mol. The largest absolute Gasteiger partial charge is 0.244 e. The minimum atomic E-state index is -0.518. The average Bonchev–Trinajstić information content (AvgIpc) is 2.35. The van der Waals surface area contributed by atoms with Crippen LogP contribution in [0.4, 0.5) is 0 Å². The van der Waals surface area contributed by atoms with Gasteiger partial charge in [0.15, 0.2) is 5.03 Å². The number of nitrogens with zero attached hydrogens (tertiary/aromatic N) is 3. The maximum absolute atomic E-state index is 10.8. The fourth-order valence-electron chi connectivity index (χ4n) is 1.19. The summed E-state index contributed by atoms with van der Waals surface area (Å²) in [7, 11) is 0. The first kappa shape index (κ1) is 14.4. The van der Waals surface area contributed by atoms with Gasteiger partial charge in [0.25, 0.3) is 0 Å². The Labute approximate surface area is 110 Å². The van der Waals surface area contributed by atoms with Crippen molar-refractivity contribution < 1.29 is 5.03 Å². The van der Waals surface area contributed by atoms with Crippen LogP contribution in [0.25, 0.3) is 0 Å². The van der Waals surface area contributed by atoms with E-state index in [4.69, 9.17) is 11.6 Å². The minimum Gasteiger partial charge on any atom is -0.244 e. The Morgan fingerprint density at radius 2 is 2.39 bits per heavy atom. The maximum Gasteiger partial charge on any atom is 0.180 e. The Kier molecular flexibility index (Phi) is 6.10. The van der Waals surface area contributed by atoms with E-state index in [-0.39, 0.29) is 0 Å². The van der Waals surface area contributed by atoms with Gasteiger partial charge in [-0.3, -0.25) is 0 Å². The molecule has 0 aliphatic rings. The number of hydrogen-bond acceptors (Lipinski definition) is 4. The number of nitro groups is 1. The molecule has 18 heavy (non-hydrogen) atoms. The summed E-state index contributed by atoms with van der Waals surface area (Å²) < 4.78 is 0. The maximum atomic E-state index is 10.8. The van der Waals surface area contributed by atoms with Crippen LogP contribution in [-0.2, 0) is 6.54 Å². The average molecular weight is 271 g/mol. The van der Waals surface area contributed by atoms with E-state index in [2.05, 4.69) is 10.4 Å². The van der Waals surface area contributed by atoms with Gasteiger partial charge in [0, 0.05) is 12.7 Å². The second kappa shape index (κ2) is 7.62. The lowest BCUT2D eigenvalue weighted by Gasteiger charge is -2.10. The van der Waals surface area contributed by atoms with Gasteiger partial charge in [-0.25, -0.2) is 15.1 Å². The van der Waals surface area contributed by atoms with Crippen molar-refractivity contribution in [1.29, 1.82) is 0 Å². The number of allylic oxidation sites excluding steroid dienone is 1. The van der Waals surface area contributed by atoms with E-state index in [0.717, 1.165) is 23.5 Å². The number of rotatable bonds is 7. The van der Waals surface area contributed by atoms with E-state index < -0.39 is 5.03 Å². The van der Waals surface area contributed by atoms with Crippen LogP contribution >= 0.6 is 11.6 Å². The van der Waals surface area contributed by atoms with Gasteiger partial charge in [-0.1, -0.05) is 37.1 Å². The standard InChI is InChI=1S/C11H15ClN4O2/c1-2-3-4-7-15(16(17)18)14-9-10-5-6-11(12)13-8-10/h4-8,14H,2-3,9H2,1H3/b7-4+. The summed E-state index contributed by atoms with van der Waals surface area (Å²) >= 11 is 5.65. The van der Waals surface area contributed by atoms with Crippen molar-refractivity contribution in [3.05, 3.63) is 51.4 Å². The van der Waals surface area contributed by atoms with Crippen LogP contribution in [0.5, 0.6) is 0 Å². The zero-order valence-electron chi connectivity index (χ0n) is 10.0. The van der Waals surface area contributed by atoms with E-state index in [1.54, 1.807) is 24.4 Å². The number of hydrazine groups is 2. The molecule has 0 bridgehead atoms. The third-order valence-electron chi connectivity index (χ3n) is 2.11. The van der Waals surface area contributed by atoms with E-state index in [9.17, 15) is 10.1 Å². The molecule has 0 radical (unpaired) electrons.